The smallest absolute Gasteiger partial charge is 0.295 e. The van der Waals surface area contributed by atoms with E-state index in [-0.39, 0.29) is 23.2 Å². The molecule has 1 aliphatic rings. The predicted molar refractivity (Wildman–Crippen MR) is 115 cm³/mol. The highest BCUT2D eigenvalue weighted by atomic mass is 19.1. The largest absolute Gasteiger partial charge is 0.507 e. The van der Waals surface area contributed by atoms with Gasteiger partial charge in [0.2, 0.25) is 0 Å². The lowest BCUT2D eigenvalue weighted by Gasteiger charge is -2.25. The van der Waals surface area contributed by atoms with E-state index in [2.05, 4.69) is 4.98 Å². The summed E-state index contributed by atoms with van der Waals surface area (Å²) in [5, 5.41) is 11.1. The van der Waals surface area contributed by atoms with Gasteiger partial charge in [-0.05, 0) is 24.6 Å². The first-order valence-electron chi connectivity index (χ1n) is 10.1. The Balaban J connectivity index is 1.78. The molecule has 1 atom stereocenters. The molecule has 164 valence electrons. The van der Waals surface area contributed by atoms with Gasteiger partial charge in [-0.1, -0.05) is 30.3 Å². The van der Waals surface area contributed by atoms with Crippen molar-refractivity contribution in [2.24, 2.45) is 0 Å². The summed E-state index contributed by atoms with van der Waals surface area (Å²) in [6.45, 7) is 0.768. The first kappa shape index (κ1) is 21.3. The molecule has 0 spiro atoms. The minimum absolute atomic E-state index is 0.144. The van der Waals surface area contributed by atoms with Crippen molar-refractivity contribution in [3.8, 4) is 5.75 Å². The Hall–Kier alpha value is -3.94. The number of ether oxygens (including phenoxy) is 1. The van der Waals surface area contributed by atoms with Gasteiger partial charge in [0.25, 0.3) is 11.7 Å². The van der Waals surface area contributed by atoms with Crippen LogP contribution in [0.1, 0.15) is 23.6 Å². The van der Waals surface area contributed by atoms with E-state index in [9.17, 15) is 19.1 Å². The van der Waals surface area contributed by atoms with Crippen LogP contribution in [0.4, 0.5) is 4.39 Å². The van der Waals surface area contributed by atoms with Gasteiger partial charge in [-0.25, -0.2) is 9.37 Å². The number of aliphatic hydroxyl groups excluding tert-OH is 1. The molecule has 1 N–H and O–H groups in total. The molecule has 0 bridgehead atoms. The van der Waals surface area contributed by atoms with Crippen LogP contribution in [0.3, 0.4) is 0 Å². The number of nitrogens with zero attached hydrogens (tertiary/aromatic N) is 3. The molecule has 7 nitrogen and oxygen atoms in total. The molecule has 4 rings (SSSR count). The summed E-state index contributed by atoms with van der Waals surface area (Å²) in [6, 6.07) is 11.5. The maximum absolute atomic E-state index is 14.8. The van der Waals surface area contributed by atoms with Crippen molar-refractivity contribution in [2.45, 2.75) is 19.0 Å². The summed E-state index contributed by atoms with van der Waals surface area (Å²) in [5.41, 5.74) is 0.241. The molecule has 1 amide bonds. The molecule has 0 aliphatic carbocycles. The Morgan fingerprint density at radius 1 is 1.12 bits per heavy atom. The number of aromatic nitrogens is 2. The normalized spacial score (nSPS) is 17.7. The van der Waals surface area contributed by atoms with E-state index in [0.29, 0.717) is 18.7 Å². The van der Waals surface area contributed by atoms with Crippen LogP contribution in [0.5, 0.6) is 5.75 Å². The Bertz CT molecular complexity index is 1170. The highest BCUT2D eigenvalue weighted by molar-refractivity contribution is 6.46. The van der Waals surface area contributed by atoms with Gasteiger partial charge >= 0.3 is 0 Å². The number of amides is 1. The van der Waals surface area contributed by atoms with Crippen LogP contribution >= 0.6 is 0 Å². The third-order valence-electron chi connectivity index (χ3n) is 5.48. The van der Waals surface area contributed by atoms with Crippen LogP contribution in [0.2, 0.25) is 0 Å². The summed E-state index contributed by atoms with van der Waals surface area (Å²) in [5.74, 6) is -2.26. The Labute approximate surface area is 184 Å². The molecule has 1 aromatic heterocycles. The van der Waals surface area contributed by atoms with Crippen molar-refractivity contribution in [3.05, 3.63) is 89.8 Å². The van der Waals surface area contributed by atoms with Crippen molar-refractivity contribution in [1.29, 1.82) is 0 Å². The fourth-order valence-corrected chi connectivity index (χ4v) is 3.96. The standard InChI is InChI=1S/C24H22FN3O4/c1-32-19-10-5-3-8-17(19)22(29)20-21(16-7-2-4-9-18(16)25)28(24(31)23(20)30)13-6-12-27-14-11-26-15-27/h2-5,7-11,14-15,21,29H,6,12-13H2,1H3/b22-20+. The lowest BCUT2D eigenvalue weighted by molar-refractivity contribution is -0.140. The van der Waals surface area contributed by atoms with Crippen molar-refractivity contribution in [2.75, 3.05) is 13.7 Å². The number of methoxy groups -OCH3 is 1. The summed E-state index contributed by atoms with van der Waals surface area (Å²) >= 11 is 0. The number of aliphatic hydroxyl groups is 1. The van der Waals surface area contributed by atoms with E-state index >= 15 is 0 Å². The molecule has 2 heterocycles. The van der Waals surface area contributed by atoms with Gasteiger partial charge in [-0.3, -0.25) is 9.59 Å². The first-order chi connectivity index (χ1) is 15.5. The third-order valence-corrected chi connectivity index (χ3v) is 5.48. The Kier molecular flexibility index (Phi) is 6.02. The molecule has 1 fully saturated rings. The Morgan fingerprint density at radius 2 is 1.88 bits per heavy atom. The number of carbonyl (C=O) groups is 2. The summed E-state index contributed by atoms with van der Waals surface area (Å²) in [7, 11) is 1.44. The lowest BCUT2D eigenvalue weighted by atomic mass is 9.94. The molecule has 0 radical (unpaired) electrons. The number of aryl methyl sites for hydroxylation is 1. The number of Topliss-reactive ketones (excluding diaryl/α,β-unsaturated/α-hetero) is 1. The van der Waals surface area contributed by atoms with Crippen LogP contribution in [-0.2, 0) is 16.1 Å². The number of halogens is 1. The molecule has 0 saturated carbocycles. The molecule has 1 aliphatic heterocycles. The molecular weight excluding hydrogens is 413 g/mol. The van der Waals surface area contributed by atoms with Crippen molar-refractivity contribution in [1.82, 2.24) is 14.5 Å². The number of benzene rings is 2. The maximum atomic E-state index is 14.8. The Morgan fingerprint density at radius 3 is 2.59 bits per heavy atom. The SMILES string of the molecule is COc1ccccc1/C(O)=C1\C(=O)C(=O)N(CCCn2ccnc2)C1c1ccccc1F. The fraction of sp³-hybridized carbons (Fsp3) is 0.208. The van der Waals surface area contributed by atoms with Gasteiger partial charge in [0.05, 0.1) is 30.6 Å². The summed E-state index contributed by atoms with van der Waals surface area (Å²) in [6.07, 6.45) is 5.62. The van der Waals surface area contributed by atoms with E-state index in [1.807, 2.05) is 4.57 Å². The highest BCUT2D eigenvalue weighted by Gasteiger charge is 2.46. The average molecular weight is 435 g/mol. The van der Waals surface area contributed by atoms with Crippen molar-refractivity contribution < 1.29 is 23.8 Å². The van der Waals surface area contributed by atoms with E-state index in [1.165, 1.54) is 30.2 Å². The zero-order chi connectivity index (χ0) is 22.7. The lowest BCUT2D eigenvalue weighted by Crippen LogP contribution is -2.31. The predicted octanol–water partition coefficient (Wildman–Crippen LogP) is 3.54. The average Bonchev–Trinajstić information content (AvgIpc) is 3.41. The molecule has 2 aromatic carbocycles. The zero-order valence-electron chi connectivity index (χ0n) is 17.4. The number of para-hydroxylation sites is 1. The monoisotopic (exact) mass is 435 g/mol. The topological polar surface area (TPSA) is 84.7 Å². The van der Waals surface area contributed by atoms with Gasteiger partial charge in [0.15, 0.2) is 0 Å². The first-order valence-corrected chi connectivity index (χ1v) is 10.1. The molecular formula is C24H22FN3O4. The van der Waals surface area contributed by atoms with Crippen LogP contribution in [-0.4, -0.2) is 44.9 Å². The fourth-order valence-electron chi connectivity index (χ4n) is 3.96. The van der Waals surface area contributed by atoms with Gasteiger partial charge in [0.1, 0.15) is 17.3 Å². The third kappa shape index (κ3) is 3.87. The van der Waals surface area contributed by atoms with E-state index < -0.39 is 29.3 Å². The number of rotatable bonds is 7. The number of ketones is 1. The van der Waals surface area contributed by atoms with Gasteiger partial charge in [-0.2, -0.15) is 0 Å². The van der Waals surface area contributed by atoms with Crippen LogP contribution in [0.15, 0.2) is 72.8 Å². The number of hydrogen-bond acceptors (Lipinski definition) is 5. The maximum Gasteiger partial charge on any atom is 0.295 e. The molecule has 3 aromatic rings. The molecule has 8 heteroatoms. The van der Waals surface area contributed by atoms with E-state index in [1.54, 1.807) is 49.1 Å². The highest BCUT2D eigenvalue weighted by Crippen LogP contribution is 2.41. The van der Waals surface area contributed by atoms with Gasteiger partial charge < -0.3 is 19.3 Å². The number of imidazole rings is 1. The quantitative estimate of drug-likeness (QED) is 0.349. The van der Waals surface area contributed by atoms with E-state index in [4.69, 9.17) is 4.74 Å². The zero-order valence-corrected chi connectivity index (χ0v) is 17.4. The molecule has 1 saturated heterocycles. The van der Waals surface area contributed by atoms with E-state index in [0.717, 1.165) is 0 Å². The minimum Gasteiger partial charge on any atom is -0.507 e. The summed E-state index contributed by atoms with van der Waals surface area (Å²) in [4.78, 5) is 31.3. The second kappa shape index (κ2) is 9.05. The minimum atomic E-state index is -1.05. The second-order valence-corrected chi connectivity index (χ2v) is 7.37. The van der Waals surface area contributed by atoms with Gasteiger partial charge in [0, 0.05) is 31.0 Å². The van der Waals surface area contributed by atoms with Crippen LogP contribution in [0.25, 0.3) is 5.76 Å². The number of likely N-dealkylation sites (tertiary alicyclic amines) is 1. The number of carbonyl (C=O) groups excluding carboxylic acids is 2. The second-order valence-electron chi connectivity index (χ2n) is 7.37. The molecule has 32 heavy (non-hydrogen) atoms. The van der Waals surface area contributed by atoms with Gasteiger partial charge in [-0.15, -0.1) is 0 Å². The summed E-state index contributed by atoms with van der Waals surface area (Å²) < 4.78 is 22.0. The van der Waals surface area contributed by atoms with Crippen LogP contribution < -0.4 is 4.74 Å². The number of hydrogen-bond donors (Lipinski definition) is 1. The van der Waals surface area contributed by atoms with Crippen LogP contribution in [0, 0.1) is 5.82 Å². The molecule has 1 unspecified atom stereocenters. The van der Waals surface area contributed by atoms with Crippen molar-refractivity contribution in [3.63, 3.8) is 0 Å². The van der Waals surface area contributed by atoms with Crippen molar-refractivity contribution >= 4 is 17.4 Å².